The van der Waals surface area contributed by atoms with Gasteiger partial charge in [0.1, 0.15) is 0 Å². The van der Waals surface area contributed by atoms with Crippen molar-refractivity contribution in [3.8, 4) is 0 Å². The molecule has 1 aliphatic carbocycles. The molecule has 0 unspecified atom stereocenters. The molecular formula is C22H32. The average Bonchev–Trinajstić information content (AvgIpc) is 2.55. The Morgan fingerprint density at radius 3 is 2.09 bits per heavy atom. The van der Waals surface area contributed by atoms with Crippen LogP contribution in [0.1, 0.15) is 76.3 Å². The van der Waals surface area contributed by atoms with E-state index in [0.29, 0.717) is 5.92 Å². The molecule has 0 heterocycles. The fourth-order valence-electron chi connectivity index (χ4n) is 3.69. The minimum absolute atomic E-state index is 0.693. The van der Waals surface area contributed by atoms with Crippen molar-refractivity contribution in [2.24, 2.45) is 11.8 Å². The predicted octanol–water partition coefficient (Wildman–Crippen LogP) is 7.12. The first-order valence-electron chi connectivity index (χ1n) is 9.07. The van der Waals surface area contributed by atoms with Crippen LogP contribution < -0.4 is 0 Å². The number of hydrogen-bond acceptors (Lipinski definition) is 0. The van der Waals surface area contributed by atoms with E-state index < -0.39 is 0 Å². The molecule has 0 radical (unpaired) electrons. The van der Waals surface area contributed by atoms with E-state index in [1.807, 2.05) is 0 Å². The molecule has 1 fully saturated rings. The topological polar surface area (TPSA) is 0 Å². The highest BCUT2D eigenvalue weighted by molar-refractivity contribution is 5.69. The zero-order valence-corrected chi connectivity index (χ0v) is 14.5. The summed E-state index contributed by atoms with van der Waals surface area (Å²) in [7, 11) is 0. The van der Waals surface area contributed by atoms with Crippen LogP contribution in [0.4, 0.5) is 0 Å². The summed E-state index contributed by atoms with van der Waals surface area (Å²) in [6.45, 7) is 12.8. The van der Waals surface area contributed by atoms with E-state index >= 15 is 0 Å². The lowest BCUT2D eigenvalue weighted by Crippen LogP contribution is -2.15. The summed E-state index contributed by atoms with van der Waals surface area (Å²) < 4.78 is 0. The molecule has 1 aromatic rings. The maximum absolute atomic E-state index is 4.40. The lowest BCUT2D eigenvalue weighted by Gasteiger charge is -2.30. The summed E-state index contributed by atoms with van der Waals surface area (Å²) in [5, 5.41) is 0. The molecule has 1 saturated carbocycles. The van der Waals surface area contributed by atoms with Gasteiger partial charge in [-0.05, 0) is 61.1 Å². The number of allylic oxidation sites excluding steroid dienone is 2. The van der Waals surface area contributed by atoms with Gasteiger partial charge in [0.05, 0.1) is 0 Å². The predicted molar refractivity (Wildman–Crippen MR) is 99.8 cm³/mol. The van der Waals surface area contributed by atoms with Gasteiger partial charge in [-0.1, -0.05) is 75.6 Å². The molecule has 0 aromatic heterocycles. The second-order valence-electron chi connectivity index (χ2n) is 7.10. The maximum atomic E-state index is 4.40. The van der Waals surface area contributed by atoms with E-state index in [-0.39, 0.29) is 0 Å². The monoisotopic (exact) mass is 296 g/mol. The van der Waals surface area contributed by atoms with Crippen LogP contribution in [-0.4, -0.2) is 0 Å². The van der Waals surface area contributed by atoms with Crippen LogP contribution in [0.25, 0.3) is 11.1 Å². The zero-order chi connectivity index (χ0) is 15.9. The molecule has 0 saturated heterocycles. The summed E-state index contributed by atoms with van der Waals surface area (Å²) in [5.74, 6) is 1.67. The van der Waals surface area contributed by atoms with Crippen molar-refractivity contribution in [1.82, 2.24) is 0 Å². The molecular weight excluding hydrogens is 264 g/mol. The van der Waals surface area contributed by atoms with Gasteiger partial charge in [-0.2, -0.15) is 0 Å². The summed E-state index contributed by atoms with van der Waals surface area (Å²) in [5.41, 5.74) is 5.03. The Hall–Kier alpha value is -1.30. The van der Waals surface area contributed by atoms with Gasteiger partial charge < -0.3 is 0 Å². The van der Waals surface area contributed by atoms with Crippen LogP contribution in [0.2, 0.25) is 0 Å². The largest absolute Gasteiger partial charge is 0.0955 e. The fraction of sp³-hybridized carbons (Fsp3) is 0.545. The Kier molecular flexibility index (Phi) is 6.49. The van der Waals surface area contributed by atoms with Gasteiger partial charge in [-0.3, -0.25) is 0 Å². The first kappa shape index (κ1) is 17.1. The van der Waals surface area contributed by atoms with E-state index in [1.165, 1.54) is 68.1 Å². The van der Waals surface area contributed by atoms with E-state index in [9.17, 15) is 0 Å². The van der Waals surface area contributed by atoms with Crippen LogP contribution in [0.5, 0.6) is 0 Å². The quantitative estimate of drug-likeness (QED) is 0.470. The molecule has 0 nitrogen and oxygen atoms in total. The van der Waals surface area contributed by atoms with Gasteiger partial charge in [-0.25, -0.2) is 0 Å². The van der Waals surface area contributed by atoms with Gasteiger partial charge in [0.25, 0.3) is 0 Å². The Morgan fingerprint density at radius 2 is 1.55 bits per heavy atom. The molecule has 1 aromatic carbocycles. The van der Waals surface area contributed by atoms with Gasteiger partial charge in [0.15, 0.2) is 0 Å². The zero-order valence-electron chi connectivity index (χ0n) is 14.5. The van der Waals surface area contributed by atoms with E-state index in [0.717, 1.165) is 11.5 Å². The second kappa shape index (κ2) is 8.36. The Bertz CT molecular complexity index is 483. The number of benzene rings is 1. The average molecular weight is 296 g/mol. The van der Waals surface area contributed by atoms with E-state index in [1.54, 1.807) is 0 Å². The van der Waals surface area contributed by atoms with Gasteiger partial charge in [0.2, 0.25) is 0 Å². The summed E-state index contributed by atoms with van der Waals surface area (Å²) >= 11 is 0. The van der Waals surface area contributed by atoms with Crippen LogP contribution in [0, 0.1) is 11.8 Å². The number of rotatable bonds is 7. The van der Waals surface area contributed by atoms with Crippen molar-refractivity contribution in [1.29, 1.82) is 0 Å². The van der Waals surface area contributed by atoms with Crippen molar-refractivity contribution in [3.63, 3.8) is 0 Å². The van der Waals surface area contributed by atoms with Crippen molar-refractivity contribution >= 4 is 11.1 Å². The van der Waals surface area contributed by atoms with Gasteiger partial charge in [0, 0.05) is 0 Å². The molecule has 0 amide bonds. The van der Waals surface area contributed by atoms with Crippen LogP contribution in [0.15, 0.2) is 37.4 Å². The first-order valence-corrected chi connectivity index (χ1v) is 9.07. The Morgan fingerprint density at radius 1 is 0.955 bits per heavy atom. The van der Waals surface area contributed by atoms with E-state index in [4.69, 9.17) is 0 Å². The lowest BCUT2D eigenvalue weighted by molar-refractivity contribution is 0.294. The van der Waals surface area contributed by atoms with Crippen LogP contribution in [-0.2, 0) is 0 Å². The van der Waals surface area contributed by atoms with E-state index in [2.05, 4.69) is 51.3 Å². The third-order valence-corrected chi connectivity index (χ3v) is 5.30. The fourth-order valence-corrected chi connectivity index (χ4v) is 3.69. The molecule has 0 atom stereocenters. The number of unbranched alkanes of at least 4 members (excludes halogenated alkanes) is 2. The minimum Gasteiger partial charge on any atom is -0.0955 e. The highest BCUT2D eigenvalue weighted by Gasteiger charge is 2.23. The normalized spacial score (nSPS) is 21.5. The highest BCUT2D eigenvalue weighted by atomic mass is 14.3. The first-order chi connectivity index (χ1) is 10.6. The Balaban J connectivity index is 1.85. The van der Waals surface area contributed by atoms with Crippen LogP contribution >= 0.6 is 0 Å². The molecule has 0 heteroatoms. The Labute approximate surface area is 137 Å². The van der Waals surface area contributed by atoms with Crippen molar-refractivity contribution in [2.45, 2.75) is 65.2 Å². The summed E-state index contributed by atoms with van der Waals surface area (Å²) in [6.07, 6.45) is 11.1. The van der Waals surface area contributed by atoms with Crippen molar-refractivity contribution < 1.29 is 0 Å². The maximum Gasteiger partial charge on any atom is -0.0162 e. The molecule has 0 aliphatic heterocycles. The second-order valence-corrected chi connectivity index (χ2v) is 7.10. The summed E-state index contributed by atoms with van der Waals surface area (Å²) in [4.78, 5) is 0. The van der Waals surface area contributed by atoms with Crippen molar-refractivity contribution in [3.05, 3.63) is 48.6 Å². The standard InChI is InChI=1S/C22H32/c1-5-6-7-8-19-9-11-21(12-10-19)18(4)22-15-13-20(14-16-22)17(2)3/h13-16,19,21H,2,4-12H2,1,3H3. The molecule has 1 aliphatic rings. The molecule has 0 spiro atoms. The third-order valence-electron chi connectivity index (χ3n) is 5.30. The SMILES string of the molecule is C=C(C)c1ccc(C(=C)C2CCC(CCCCC)CC2)cc1. The van der Waals surface area contributed by atoms with Gasteiger partial charge >= 0.3 is 0 Å². The van der Waals surface area contributed by atoms with Crippen molar-refractivity contribution in [2.75, 3.05) is 0 Å². The van der Waals surface area contributed by atoms with Gasteiger partial charge in [-0.15, -0.1) is 0 Å². The summed E-state index contributed by atoms with van der Waals surface area (Å²) in [6, 6.07) is 8.80. The number of hydrogen-bond donors (Lipinski definition) is 0. The molecule has 0 N–H and O–H groups in total. The minimum atomic E-state index is 0.693. The third kappa shape index (κ3) is 4.60. The molecule has 2 rings (SSSR count). The lowest BCUT2D eigenvalue weighted by atomic mass is 9.75. The van der Waals surface area contributed by atoms with Crippen LogP contribution in [0.3, 0.4) is 0 Å². The highest BCUT2D eigenvalue weighted by Crippen LogP contribution is 2.38. The molecule has 120 valence electrons. The molecule has 22 heavy (non-hydrogen) atoms. The molecule has 0 bridgehead atoms. The smallest absolute Gasteiger partial charge is 0.0162 e.